The molecule has 3 aromatic rings. The smallest absolute Gasteiger partial charge is 0.393 e. The van der Waals surface area contributed by atoms with Gasteiger partial charge in [0.15, 0.2) is 0 Å². The Kier molecular flexibility index (Phi) is 9.80. The highest BCUT2D eigenvalue weighted by molar-refractivity contribution is 5.98. The van der Waals surface area contributed by atoms with Crippen molar-refractivity contribution in [2.45, 2.75) is 77.2 Å². The summed E-state index contributed by atoms with van der Waals surface area (Å²) in [5, 5.41) is 16.3. The number of aromatic nitrogens is 2. The number of alkyl halides is 3. The van der Waals surface area contributed by atoms with Gasteiger partial charge in [-0.05, 0) is 67.9 Å². The predicted octanol–water partition coefficient (Wildman–Crippen LogP) is 6.62. The van der Waals surface area contributed by atoms with E-state index in [4.69, 9.17) is 0 Å². The summed E-state index contributed by atoms with van der Waals surface area (Å²) in [6.45, 7) is 6.97. The first kappa shape index (κ1) is 31.7. The van der Waals surface area contributed by atoms with E-state index in [2.05, 4.69) is 46.3 Å². The van der Waals surface area contributed by atoms with Crippen LogP contribution in [0.15, 0.2) is 48.8 Å². The number of hydrogen-bond donors (Lipinski definition) is 3. The molecule has 1 unspecified atom stereocenters. The molecular formula is C31H37ClF3N5O2. The van der Waals surface area contributed by atoms with Crippen LogP contribution in [-0.4, -0.2) is 50.6 Å². The van der Waals surface area contributed by atoms with Crippen molar-refractivity contribution in [1.29, 1.82) is 0 Å². The number of fused-ring (bicyclic) bond motifs is 1. The number of carbonyl (C=O) groups is 1. The van der Waals surface area contributed by atoms with E-state index in [9.17, 15) is 23.1 Å². The molecule has 226 valence electrons. The van der Waals surface area contributed by atoms with Crippen LogP contribution in [0, 0.1) is 5.92 Å². The highest BCUT2D eigenvalue weighted by Gasteiger charge is 2.37. The maximum absolute atomic E-state index is 13.7. The third kappa shape index (κ3) is 7.04. The lowest BCUT2D eigenvalue weighted by Crippen LogP contribution is -2.44. The Morgan fingerprint density at radius 2 is 1.88 bits per heavy atom. The van der Waals surface area contributed by atoms with Gasteiger partial charge in [-0.2, -0.15) is 13.2 Å². The van der Waals surface area contributed by atoms with Crippen LogP contribution in [0.3, 0.4) is 0 Å². The van der Waals surface area contributed by atoms with E-state index in [1.165, 1.54) is 12.4 Å². The molecule has 2 heterocycles. The van der Waals surface area contributed by atoms with Crippen LogP contribution in [0.4, 0.5) is 30.4 Å². The van der Waals surface area contributed by atoms with E-state index >= 15 is 0 Å². The maximum Gasteiger partial charge on any atom is 0.416 e. The maximum atomic E-state index is 13.7. The first-order valence-electron chi connectivity index (χ1n) is 14.2. The zero-order valence-electron chi connectivity index (χ0n) is 23.9. The topological polar surface area (TPSA) is 90.4 Å². The standard InChI is InChI=1S/C31H36F3N5O2.ClH/c1-18(2)16-39-19(3)7-12-28(39)30(41)38-27-13-21(31(32,33)34)9-11-23(27)26-15-29(36-17-35-26)37-25-6-4-5-20-8-10-22(40)14-24(20)25;/h4-6,9,11,13,15,17-19,22,28,40H,7-8,10,12,14,16H2,1-3H3,(H,38,41)(H,35,36,37);1H/t19-,22?,28+;/m1./s1. The van der Waals surface area contributed by atoms with Crippen molar-refractivity contribution in [2.75, 3.05) is 17.2 Å². The van der Waals surface area contributed by atoms with Gasteiger partial charge in [0.25, 0.3) is 0 Å². The van der Waals surface area contributed by atoms with Crippen molar-refractivity contribution < 1.29 is 23.1 Å². The second kappa shape index (κ2) is 13.0. The molecule has 0 saturated carbocycles. The summed E-state index contributed by atoms with van der Waals surface area (Å²) in [4.78, 5) is 24.3. The fourth-order valence-corrected chi connectivity index (χ4v) is 5.91. The summed E-state index contributed by atoms with van der Waals surface area (Å²) >= 11 is 0. The molecule has 2 aromatic carbocycles. The molecule has 3 atom stereocenters. The molecule has 1 aliphatic heterocycles. The Bertz CT molecular complexity index is 1420. The summed E-state index contributed by atoms with van der Waals surface area (Å²) < 4.78 is 41.1. The third-order valence-electron chi connectivity index (χ3n) is 7.97. The lowest BCUT2D eigenvalue weighted by Gasteiger charge is -2.29. The van der Waals surface area contributed by atoms with Gasteiger partial charge in [-0.3, -0.25) is 9.69 Å². The van der Waals surface area contributed by atoms with Gasteiger partial charge in [-0.25, -0.2) is 9.97 Å². The number of nitrogens with one attached hydrogen (secondary N) is 2. The van der Waals surface area contributed by atoms with Crippen molar-refractivity contribution in [3.05, 3.63) is 65.5 Å². The second-order valence-corrected chi connectivity index (χ2v) is 11.5. The molecule has 5 rings (SSSR count). The summed E-state index contributed by atoms with van der Waals surface area (Å²) in [5.74, 6) is 0.478. The van der Waals surface area contributed by atoms with E-state index in [1.807, 2.05) is 18.2 Å². The Hall–Kier alpha value is -3.21. The number of benzene rings is 2. The minimum absolute atomic E-state index is 0. The van der Waals surface area contributed by atoms with E-state index in [-0.39, 0.29) is 30.0 Å². The number of likely N-dealkylation sites (tertiary alicyclic amines) is 1. The van der Waals surface area contributed by atoms with E-state index in [1.54, 1.807) is 6.07 Å². The number of amides is 1. The van der Waals surface area contributed by atoms with Crippen LogP contribution in [-0.2, 0) is 23.8 Å². The lowest BCUT2D eigenvalue weighted by molar-refractivity contribution is -0.137. The monoisotopic (exact) mass is 603 g/mol. The first-order valence-corrected chi connectivity index (χ1v) is 14.2. The third-order valence-corrected chi connectivity index (χ3v) is 7.97. The largest absolute Gasteiger partial charge is 0.416 e. The van der Waals surface area contributed by atoms with E-state index in [0.29, 0.717) is 42.3 Å². The fraction of sp³-hybridized carbons (Fsp3) is 0.452. The van der Waals surface area contributed by atoms with Crippen molar-refractivity contribution in [1.82, 2.24) is 14.9 Å². The van der Waals surface area contributed by atoms with Crippen molar-refractivity contribution in [3.8, 4) is 11.3 Å². The molecule has 1 saturated heterocycles. The lowest BCUT2D eigenvalue weighted by atomic mass is 9.88. The SMILES string of the molecule is CC(C)CN1[C@H](C)CC[C@H]1C(=O)Nc1cc(C(F)(F)F)ccc1-c1cc(Nc2cccc3c2CC(O)CC3)ncn1.Cl. The van der Waals surface area contributed by atoms with Crippen molar-refractivity contribution >= 4 is 35.5 Å². The Morgan fingerprint density at radius 1 is 1.10 bits per heavy atom. The normalized spacial score (nSPS) is 20.6. The molecule has 3 N–H and O–H groups in total. The molecule has 1 amide bonds. The van der Waals surface area contributed by atoms with E-state index in [0.717, 1.165) is 48.3 Å². The van der Waals surface area contributed by atoms with E-state index < -0.39 is 23.9 Å². The van der Waals surface area contributed by atoms with Gasteiger partial charge < -0.3 is 15.7 Å². The minimum Gasteiger partial charge on any atom is -0.393 e. The van der Waals surface area contributed by atoms with Crippen LogP contribution >= 0.6 is 12.4 Å². The number of anilines is 3. The number of aliphatic hydroxyl groups is 1. The number of aliphatic hydroxyl groups excluding tert-OH is 1. The number of hydrogen-bond acceptors (Lipinski definition) is 6. The van der Waals surface area contributed by atoms with Crippen LogP contribution in [0.25, 0.3) is 11.3 Å². The molecule has 11 heteroatoms. The first-order chi connectivity index (χ1) is 19.5. The van der Waals surface area contributed by atoms with Gasteiger partial charge in [0.2, 0.25) is 5.91 Å². The molecule has 1 fully saturated rings. The average molecular weight is 604 g/mol. The van der Waals surface area contributed by atoms with Gasteiger partial charge in [0, 0.05) is 36.3 Å². The number of carbonyl (C=O) groups excluding carboxylic acids is 1. The zero-order chi connectivity index (χ0) is 29.3. The second-order valence-electron chi connectivity index (χ2n) is 11.5. The average Bonchev–Trinajstić information content (AvgIpc) is 3.28. The molecule has 0 spiro atoms. The quantitative estimate of drug-likeness (QED) is 0.281. The zero-order valence-corrected chi connectivity index (χ0v) is 24.7. The van der Waals surface area contributed by atoms with Gasteiger partial charge in [0.05, 0.1) is 29.1 Å². The Balaban J connectivity index is 0.00000405. The molecule has 0 bridgehead atoms. The molecular weight excluding hydrogens is 567 g/mol. The van der Waals surface area contributed by atoms with Crippen LogP contribution < -0.4 is 10.6 Å². The fourth-order valence-electron chi connectivity index (χ4n) is 5.91. The molecule has 42 heavy (non-hydrogen) atoms. The predicted molar refractivity (Wildman–Crippen MR) is 160 cm³/mol. The van der Waals surface area contributed by atoms with Gasteiger partial charge in [-0.15, -0.1) is 12.4 Å². The molecule has 7 nitrogen and oxygen atoms in total. The van der Waals surface area contributed by atoms with Gasteiger partial charge >= 0.3 is 6.18 Å². The van der Waals surface area contributed by atoms with Gasteiger partial charge in [0.1, 0.15) is 12.1 Å². The minimum atomic E-state index is -4.57. The van der Waals surface area contributed by atoms with Crippen molar-refractivity contribution in [3.63, 3.8) is 0 Å². The summed E-state index contributed by atoms with van der Waals surface area (Å²) in [6, 6.07) is 10.7. The molecule has 1 aliphatic carbocycles. The Labute approximate surface area is 250 Å². The highest BCUT2D eigenvalue weighted by Crippen LogP contribution is 2.37. The highest BCUT2D eigenvalue weighted by atomic mass is 35.5. The summed E-state index contributed by atoms with van der Waals surface area (Å²) in [7, 11) is 0. The Morgan fingerprint density at radius 3 is 2.62 bits per heavy atom. The number of halogens is 4. The molecule has 0 radical (unpaired) electrons. The van der Waals surface area contributed by atoms with Crippen LogP contribution in [0.1, 0.15) is 56.7 Å². The van der Waals surface area contributed by atoms with Crippen LogP contribution in [0.5, 0.6) is 0 Å². The molecule has 2 aliphatic rings. The van der Waals surface area contributed by atoms with Crippen LogP contribution in [0.2, 0.25) is 0 Å². The summed E-state index contributed by atoms with van der Waals surface area (Å²) in [6.07, 6.45) is -0.126. The summed E-state index contributed by atoms with van der Waals surface area (Å²) in [5.41, 5.74) is 2.93. The number of rotatable bonds is 7. The van der Waals surface area contributed by atoms with Crippen molar-refractivity contribution in [2.24, 2.45) is 5.92 Å². The number of nitrogens with zero attached hydrogens (tertiary/aromatic N) is 3. The van der Waals surface area contributed by atoms with Gasteiger partial charge in [-0.1, -0.05) is 32.0 Å². The number of aryl methyl sites for hydroxylation is 1. The molecule has 1 aromatic heterocycles.